The number of alkyl halides is 3. The fourth-order valence-electron chi connectivity index (χ4n) is 2.47. The molecular weight excluding hydrogens is 321 g/mol. The molecular formula is C13H16BrF3N2. The lowest BCUT2D eigenvalue weighted by Gasteiger charge is -2.36. The largest absolute Gasteiger partial charge is 0.393 e. The molecule has 1 fully saturated rings. The first-order valence-corrected chi connectivity index (χ1v) is 7.01. The molecule has 0 spiro atoms. The highest BCUT2D eigenvalue weighted by Gasteiger charge is 2.42. The van der Waals surface area contributed by atoms with Crippen molar-refractivity contribution in [2.75, 3.05) is 18.0 Å². The maximum absolute atomic E-state index is 12.8. The molecule has 6 heteroatoms. The number of anilines is 1. The number of nitrogens with zero attached hydrogens (tertiary/aromatic N) is 1. The van der Waals surface area contributed by atoms with Crippen LogP contribution < -0.4 is 10.6 Å². The molecule has 1 heterocycles. The fourth-order valence-corrected chi connectivity index (χ4v) is 2.82. The van der Waals surface area contributed by atoms with Gasteiger partial charge < -0.3 is 10.6 Å². The summed E-state index contributed by atoms with van der Waals surface area (Å²) in [5.74, 6) is -1.24. The van der Waals surface area contributed by atoms with E-state index in [0.717, 1.165) is 15.7 Å². The predicted molar refractivity (Wildman–Crippen MR) is 73.0 cm³/mol. The maximum Gasteiger partial charge on any atom is 0.393 e. The second-order valence-corrected chi connectivity index (χ2v) is 5.72. The van der Waals surface area contributed by atoms with Crippen LogP contribution in [0.5, 0.6) is 0 Å². The first-order valence-electron chi connectivity index (χ1n) is 6.22. The minimum absolute atomic E-state index is 0.0208. The minimum Gasteiger partial charge on any atom is -0.371 e. The van der Waals surface area contributed by atoms with Gasteiger partial charge in [0.15, 0.2) is 0 Å². The molecule has 0 aromatic heterocycles. The number of nitrogens with two attached hydrogens (primary N) is 1. The van der Waals surface area contributed by atoms with Crippen LogP contribution in [0.2, 0.25) is 0 Å². The Bertz CT molecular complexity index is 448. The molecule has 0 amide bonds. The molecule has 1 aromatic carbocycles. The van der Waals surface area contributed by atoms with Crippen LogP contribution in [0.3, 0.4) is 0 Å². The molecule has 0 saturated carbocycles. The van der Waals surface area contributed by atoms with Gasteiger partial charge in [-0.2, -0.15) is 13.2 Å². The molecule has 0 bridgehead atoms. The fraction of sp³-hybridized carbons (Fsp3) is 0.538. The van der Waals surface area contributed by atoms with E-state index >= 15 is 0 Å². The van der Waals surface area contributed by atoms with E-state index in [9.17, 15) is 13.2 Å². The molecule has 0 radical (unpaired) electrons. The van der Waals surface area contributed by atoms with Gasteiger partial charge in [-0.15, -0.1) is 0 Å². The van der Waals surface area contributed by atoms with E-state index in [2.05, 4.69) is 15.9 Å². The molecule has 2 nitrogen and oxygen atoms in total. The van der Waals surface area contributed by atoms with Crippen molar-refractivity contribution < 1.29 is 13.2 Å². The standard InChI is InChI=1S/C13H16BrF3N2/c14-11-4-3-9(7-18)12(6-11)19-5-1-2-10(8-19)13(15,16)17/h3-4,6,10H,1-2,5,7-8,18H2. The van der Waals surface area contributed by atoms with Crippen molar-refractivity contribution in [3.63, 3.8) is 0 Å². The number of piperidine rings is 1. The van der Waals surface area contributed by atoms with Crippen LogP contribution in [-0.2, 0) is 6.54 Å². The van der Waals surface area contributed by atoms with E-state index in [1.54, 1.807) is 4.90 Å². The summed E-state index contributed by atoms with van der Waals surface area (Å²) in [5, 5.41) is 0. The van der Waals surface area contributed by atoms with Gasteiger partial charge in [0.2, 0.25) is 0 Å². The Morgan fingerprint density at radius 1 is 1.37 bits per heavy atom. The van der Waals surface area contributed by atoms with E-state index in [-0.39, 0.29) is 13.0 Å². The summed E-state index contributed by atoms with van der Waals surface area (Å²) >= 11 is 3.36. The van der Waals surface area contributed by atoms with E-state index in [1.807, 2.05) is 18.2 Å². The second-order valence-electron chi connectivity index (χ2n) is 4.80. The van der Waals surface area contributed by atoms with Gasteiger partial charge in [-0.25, -0.2) is 0 Å². The Kier molecular flexibility index (Phi) is 4.40. The summed E-state index contributed by atoms with van der Waals surface area (Å²) < 4.78 is 39.3. The number of benzene rings is 1. The van der Waals surface area contributed by atoms with Gasteiger partial charge in [0.25, 0.3) is 0 Å². The summed E-state index contributed by atoms with van der Waals surface area (Å²) in [7, 11) is 0. The van der Waals surface area contributed by atoms with Gasteiger partial charge in [0.05, 0.1) is 5.92 Å². The van der Waals surface area contributed by atoms with Crippen LogP contribution in [0, 0.1) is 5.92 Å². The highest BCUT2D eigenvalue weighted by molar-refractivity contribution is 9.10. The number of halogens is 4. The lowest BCUT2D eigenvalue weighted by molar-refractivity contribution is -0.176. The highest BCUT2D eigenvalue weighted by atomic mass is 79.9. The smallest absolute Gasteiger partial charge is 0.371 e. The van der Waals surface area contributed by atoms with Gasteiger partial charge in [-0.1, -0.05) is 22.0 Å². The third-order valence-electron chi connectivity index (χ3n) is 3.49. The molecule has 1 saturated heterocycles. The number of hydrogen-bond acceptors (Lipinski definition) is 2. The van der Waals surface area contributed by atoms with Gasteiger partial charge in [-0.05, 0) is 30.5 Å². The van der Waals surface area contributed by atoms with Crippen LogP contribution in [0.15, 0.2) is 22.7 Å². The Morgan fingerprint density at radius 3 is 2.74 bits per heavy atom. The third-order valence-corrected chi connectivity index (χ3v) is 3.99. The van der Waals surface area contributed by atoms with Crippen molar-refractivity contribution in [3.8, 4) is 0 Å². The Hall–Kier alpha value is -0.750. The van der Waals surface area contributed by atoms with Gasteiger partial charge in [0, 0.05) is 29.8 Å². The highest BCUT2D eigenvalue weighted by Crippen LogP contribution is 2.36. The lowest BCUT2D eigenvalue weighted by atomic mass is 9.96. The van der Waals surface area contributed by atoms with Crippen molar-refractivity contribution in [2.45, 2.75) is 25.6 Å². The number of hydrogen-bond donors (Lipinski definition) is 1. The predicted octanol–water partition coefficient (Wildman–Crippen LogP) is 3.69. The second kappa shape index (κ2) is 5.71. The zero-order valence-corrected chi connectivity index (χ0v) is 12.0. The van der Waals surface area contributed by atoms with E-state index in [0.29, 0.717) is 19.5 Å². The number of rotatable bonds is 2. The maximum atomic E-state index is 12.8. The van der Waals surface area contributed by atoms with Crippen LogP contribution in [0.25, 0.3) is 0 Å². The molecule has 19 heavy (non-hydrogen) atoms. The molecule has 106 valence electrons. The normalized spacial score (nSPS) is 20.7. The van der Waals surface area contributed by atoms with Crippen LogP contribution >= 0.6 is 15.9 Å². The van der Waals surface area contributed by atoms with Crippen LogP contribution in [-0.4, -0.2) is 19.3 Å². The summed E-state index contributed by atoms with van der Waals surface area (Å²) in [6, 6.07) is 5.56. The van der Waals surface area contributed by atoms with Gasteiger partial charge >= 0.3 is 6.18 Å². The van der Waals surface area contributed by atoms with Crippen molar-refractivity contribution in [1.82, 2.24) is 0 Å². The quantitative estimate of drug-likeness (QED) is 0.892. The first-order chi connectivity index (χ1) is 8.91. The third kappa shape index (κ3) is 3.42. The van der Waals surface area contributed by atoms with Gasteiger partial charge in [-0.3, -0.25) is 0 Å². The van der Waals surface area contributed by atoms with E-state index in [4.69, 9.17) is 5.73 Å². The van der Waals surface area contributed by atoms with E-state index < -0.39 is 12.1 Å². The lowest BCUT2D eigenvalue weighted by Crippen LogP contribution is -2.42. The van der Waals surface area contributed by atoms with Crippen molar-refractivity contribution >= 4 is 21.6 Å². The SMILES string of the molecule is NCc1ccc(Br)cc1N1CCCC(C(F)(F)F)C1. The van der Waals surface area contributed by atoms with Crippen molar-refractivity contribution in [3.05, 3.63) is 28.2 Å². The summed E-state index contributed by atoms with van der Waals surface area (Å²) in [5.41, 5.74) is 7.36. The average Bonchev–Trinajstić information content (AvgIpc) is 2.38. The minimum atomic E-state index is -4.12. The molecule has 0 aliphatic carbocycles. The summed E-state index contributed by atoms with van der Waals surface area (Å²) in [4.78, 5) is 1.80. The van der Waals surface area contributed by atoms with Crippen LogP contribution in [0.1, 0.15) is 18.4 Å². The zero-order valence-electron chi connectivity index (χ0n) is 10.4. The summed E-state index contributed by atoms with van der Waals surface area (Å²) in [6.07, 6.45) is -3.35. The van der Waals surface area contributed by atoms with Crippen molar-refractivity contribution in [2.24, 2.45) is 11.7 Å². The Balaban J connectivity index is 2.24. The molecule has 1 atom stereocenters. The average molecular weight is 337 g/mol. The first kappa shape index (κ1) is 14.7. The molecule has 1 unspecified atom stereocenters. The topological polar surface area (TPSA) is 29.3 Å². The molecule has 2 N–H and O–H groups in total. The van der Waals surface area contributed by atoms with Crippen molar-refractivity contribution in [1.29, 1.82) is 0 Å². The van der Waals surface area contributed by atoms with Gasteiger partial charge in [0.1, 0.15) is 0 Å². The molecule has 1 aliphatic rings. The Morgan fingerprint density at radius 2 is 2.11 bits per heavy atom. The zero-order chi connectivity index (χ0) is 14.0. The van der Waals surface area contributed by atoms with Crippen LogP contribution in [0.4, 0.5) is 18.9 Å². The summed E-state index contributed by atoms with van der Waals surface area (Å²) in [6.45, 7) is 0.999. The van der Waals surface area contributed by atoms with E-state index in [1.165, 1.54) is 0 Å². The molecule has 2 rings (SSSR count). The molecule has 1 aliphatic heterocycles. The molecule has 1 aromatic rings. The monoisotopic (exact) mass is 336 g/mol. The Labute approximate surface area is 118 Å².